The Morgan fingerprint density at radius 3 is 1.81 bits per heavy atom. The maximum Gasteiger partial charge on any atom is 0.141 e. The molecule has 3 nitrogen and oxygen atoms in total. The summed E-state index contributed by atoms with van der Waals surface area (Å²) >= 11 is 0. The SMILES string of the molecule is CC[Si](CC)(CC)C(=C[C@@H](OCc1ccccc1)[C@H](O)c1ccco1)[Si](CC)(CC)CC. The Hall–Kier alpha value is -1.41. The fourth-order valence-corrected chi connectivity index (χ4v) is 19.3. The number of aliphatic hydroxyl groups excluding tert-OH is 1. The van der Waals surface area contributed by atoms with Gasteiger partial charge in [-0.15, -0.1) is 0 Å². The Balaban J connectivity index is 2.59. The standard InChI is InChI=1S/C27H44O3Si2/c1-7-31(8-2,9-3)26(32(10-4,11-5)12-6)21-25(27(28)24-19-16-20-29-24)30-22-23-17-14-13-15-18-23/h13-21,25,27-28H,7-12,22H2,1-6H3/t25-,27-/m1/s1. The van der Waals surface area contributed by atoms with E-state index in [2.05, 4.69) is 59.8 Å². The molecular formula is C27H44O3Si2. The molecular weight excluding hydrogens is 428 g/mol. The summed E-state index contributed by atoms with van der Waals surface area (Å²) in [5, 5.41) is 11.3. The molecule has 0 spiro atoms. The highest BCUT2D eigenvalue weighted by atomic mass is 28.4. The first-order valence-electron chi connectivity index (χ1n) is 12.5. The molecule has 1 aromatic heterocycles. The Morgan fingerprint density at radius 2 is 1.38 bits per heavy atom. The maximum absolute atomic E-state index is 11.3. The minimum Gasteiger partial charge on any atom is -0.466 e. The van der Waals surface area contributed by atoms with Crippen molar-refractivity contribution < 1.29 is 14.3 Å². The van der Waals surface area contributed by atoms with Crippen molar-refractivity contribution in [1.29, 1.82) is 0 Å². The van der Waals surface area contributed by atoms with Gasteiger partial charge in [-0.05, 0) is 17.7 Å². The monoisotopic (exact) mass is 472 g/mol. The summed E-state index contributed by atoms with van der Waals surface area (Å²) in [7, 11) is -3.29. The molecule has 0 radical (unpaired) electrons. The van der Waals surface area contributed by atoms with E-state index in [1.807, 2.05) is 30.3 Å². The van der Waals surface area contributed by atoms with E-state index < -0.39 is 28.4 Å². The zero-order valence-corrected chi connectivity index (χ0v) is 23.1. The smallest absolute Gasteiger partial charge is 0.141 e. The molecule has 0 aliphatic heterocycles. The van der Waals surface area contributed by atoms with Gasteiger partial charge in [-0.25, -0.2) is 0 Å². The summed E-state index contributed by atoms with van der Waals surface area (Å²) in [6, 6.07) is 21.4. The third-order valence-electron chi connectivity index (χ3n) is 7.97. The average Bonchev–Trinajstić information content (AvgIpc) is 3.39. The van der Waals surface area contributed by atoms with E-state index >= 15 is 0 Å². The lowest BCUT2D eigenvalue weighted by Crippen LogP contribution is -2.50. The van der Waals surface area contributed by atoms with E-state index in [9.17, 15) is 5.11 Å². The van der Waals surface area contributed by atoms with Crippen molar-refractivity contribution >= 4 is 16.1 Å². The second-order valence-corrected chi connectivity index (χ2v) is 19.9. The number of aliphatic hydroxyl groups is 1. The van der Waals surface area contributed by atoms with Crippen molar-refractivity contribution in [2.75, 3.05) is 0 Å². The minimum absolute atomic E-state index is 0.413. The van der Waals surface area contributed by atoms with Gasteiger partial charge in [0.1, 0.15) is 18.0 Å². The molecule has 178 valence electrons. The second-order valence-electron chi connectivity index (χ2n) is 8.98. The van der Waals surface area contributed by atoms with Crippen molar-refractivity contribution in [3.8, 4) is 0 Å². The molecule has 2 aromatic rings. The van der Waals surface area contributed by atoms with E-state index in [0.717, 1.165) is 5.56 Å². The van der Waals surface area contributed by atoms with Crippen molar-refractivity contribution in [2.24, 2.45) is 0 Å². The molecule has 0 amide bonds. The normalized spacial score (nSPS) is 14.2. The van der Waals surface area contributed by atoms with Crippen LogP contribution in [0.1, 0.15) is 59.0 Å². The van der Waals surface area contributed by atoms with Crippen molar-refractivity contribution in [2.45, 2.75) is 96.6 Å². The lowest BCUT2D eigenvalue weighted by atomic mass is 10.1. The molecule has 0 saturated carbocycles. The van der Waals surface area contributed by atoms with Crippen LogP contribution in [0.3, 0.4) is 0 Å². The molecule has 0 aliphatic rings. The summed E-state index contributed by atoms with van der Waals surface area (Å²) in [6.07, 6.45) is 2.80. The predicted octanol–water partition coefficient (Wildman–Crippen LogP) is 7.92. The Bertz CT molecular complexity index is 755. The highest BCUT2D eigenvalue weighted by molar-refractivity contribution is 7.07. The molecule has 0 saturated heterocycles. The van der Waals surface area contributed by atoms with E-state index in [-0.39, 0.29) is 0 Å². The molecule has 5 heteroatoms. The predicted molar refractivity (Wildman–Crippen MR) is 141 cm³/mol. The first kappa shape index (κ1) is 26.8. The fraction of sp³-hybridized carbons (Fsp3) is 0.556. The highest BCUT2D eigenvalue weighted by Crippen LogP contribution is 2.41. The van der Waals surface area contributed by atoms with Crippen molar-refractivity contribution in [3.05, 3.63) is 70.9 Å². The molecule has 1 aromatic carbocycles. The zero-order chi connectivity index (χ0) is 23.6. The lowest BCUT2D eigenvalue weighted by Gasteiger charge is -2.44. The maximum atomic E-state index is 11.3. The quantitative estimate of drug-likeness (QED) is 0.284. The van der Waals surface area contributed by atoms with Gasteiger partial charge in [-0.1, -0.05) is 119 Å². The molecule has 0 fully saturated rings. The van der Waals surface area contributed by atoms with Crippen LogP contribution in [0.2, 0.25) is 36.3 Å². The lowest BCUT2D eigenvalue weighted by molar-refractivity contribution is -0.0285. The zero-order valence-electron chi connectivity index (χ0n) is 21.1. The summed E-state index contributed by atoms with van der Waals surface area (Å²) in [5.41, 5.74) is 1.12. The molecule has 2 rings (SSSR count). The Morgan fingerprint density at radius 1 is 0.844 bits per heavy atom. The van der Waals surface area contributed by atoms with E-state index in [1.54, 1.807) is 11.1 Å². The van der Waals surface area contributed by atoms with Crippen molar-refractivity contribution in [3.63, 3.8) is 0 Å². The number of ether oxygens (including phenoxy) is 1. The van der Waals surface area contributed by atoms with Gasteiger partial charge in [-0.2, -0.15) is 0 Å². The first-order chi connectivity index (χ1) is 15.5. The van der Waals surface area contributed by atoms with Gasteiger partial charge in [0.15, 0.2) is 0 Å². The summed E-state index contributed by atoms with van der Waals surface area (Å²) in [6.45, 7) is 14.8. The topological polar surface area (TPSA) is 42.6 Å². The number of benzene rings is 1. The van der Waals surface area contributed by atoms with Gasteiger partial charge in [0, 0.05) is 0 Å². The van der Waals surface area contributed by atoms with Crippen LogP contribution in [0.25, 0.3) is 0 Å². The van der Waals surface area contributed by atoms with Crippen molar-refractivity contribution in [1.82, 2.24) is 0 Å². The van der Waals surface area contributed by atoms with Gasteiger partial charge in [0.2, 0.25) is 0 Å². The van der Waals surface area contributed by atoms with Gasteiger partial charge >= 0.3 is 0 Å². The number of rotatable bonds is 14. The number of furan rings is 1. The van der Waals surface area contributed by atoms with Gasteiger partial charge in [-0.3, -0.25) is 0 Å². The molecule has 2 atom stereocenters. The molecule has 0 bridgehead atoms. The summed E-state index contributed by atoms with van der Waals surface area (Å²) in [5.74, 6) is 0.576. The minimum atomic E-state index is -1.65. The summed E-state index contributed by atoms with van der Waals surface area (Å²) < 4.78 is 12.1. The van der Waals surface area contributed by atoms with Gasteiger partial charge < -0.3 is 14.3 Å². The van der Waals surface area contributed by atoms with Crippen LogP contribution in [-0.4, -0.2) is 27.4 Å². The van der Waals surface area contributed by atoms with Crippen LogP contribution >= 0.6 is 0 Å². The van der Waals surface area contributed by atoms with E-state index in [0.29, 0.717) is 12.4 Å². The van der Waals surface area contributed by atoms with Gasteiger partial charge in [0.25, 0.3) is 0 Å². The molecule has 0 unspecified atom stereocenters. The van der Waals surface area contributed by atoms with E-state index in [4.69, 9.17) is 9.15 Å². The Labute approximate surface area is 197 Å². The van der Waals surface area contributed by atoms with Crippen LogP contribution in [0, 0.1) is 0 Å². The van der Waals surface area contributed by atoms with Gasteiger partial charge in [0.05, 0.1) is 29.0 Å². The average molecular weight is 473 g/mol. The molecule has 1 heterocycles. The number of hydrogen-bond donors (Lipinski definition) is 1. The fourth-order valence-electron chi connectivity index (χ4n) is 5.34. The number of hydrogen-bond acceptors (Lipinski definition) is 3. The third-order valence-corrected chi connectivity index (χ3v) is 21.9. The molecule has 1 N–H and O–H groups in total. The molecule has 32 heavy (non-hydrogen) atoms. The van der Waals surface area contributed by atoms with Crippen LogP contribution in [0.4, 0.5) is 0 Å². The van der Waals surface area contributed by atoms with Crippen LogP contribution in [0.5, 0.6) is 0 Å². The van der Waals surface area contributed by atoms with E-state index in [1.165, 1.54) is 36.3 Å². The van der Waals surface area contributed by atoms with Crippen LogP contribution < -0.4 is 0 Å². The van der Waals surface area contributed by atoms with Crippen LogP contribution in [0.15, 0.2) is 64.0 Å². The first-order valence-corrected chi connectivity index (χ1v) is 17.8. The van der Waals surface area contributed by atoms with Crippen LogP contribution in [-0.2, 0) is 11.3 Å². The summed E-state index contributed by atoms with van der Waals surface area (Å²) in [4.78, 5) is 1.73. The largest absolute Gasteiger partial charge is 0.466 e. The third kappa shape index (κ3) is 5.93. The molecule has 0 aliphatic carbocycles. The second kappa shape index (κ2) is 12.7. The Kier molecular flexibility index (Phi) is 10.7. The highest BCUT2D eigenvalue weighted by Gasteiger charge is 2.44.